The summed E-state index contributed by atoms with van der Waals surface area (Å²) in [6, 6.07) is 13.2. The van der Waals surface area contributed by atoms with E-state index in [4.69, 9.17) is 0 Å². The Kier molecular flexibility index (Phi) is 2.99. The van der Waals surface area contributed by atoms with Crippen molar-refractivity contribution in [2.75, 3.05) is 22.6 Å². The molecular formula is C17H13FN2O2S. The monoisotopic (exact) mass is 328 g/mol. The van der Waals surface area contributed by atoms with E-state index in [1.807, 2.05) is 24.3 Å². The molecule has 4 rings (SSSR count). The summed E-state index contributed by atoms with van der Waals surface area (Å²) in [5.41, 5.74) is 1.95. The Balaban J connectivity index is 1.96. The zero-order valence-corrected chi connectivity index (χ0v) is 13.1. The van der Waals surface area contributed by atoms with Gasteiger partial charge in [-0.05, 0) is 24.3 Å². The molecule has 0 aromatic heterocycles. The number of para-hydroxylation sites is 1. The van der Waals surface area contributed by atoms with Gasteiger partial charge in [0.2, 0.25) is 10.8 Å². The molecule has 1 atom stereocenters. The molecule has 4 nitrogen and oxygen atoms in total. The highest BCUT2D eigenvalue weighted by molar-refractivity contribution is 8.02. The topological polar surface area (TPSA) is 40.6 Å². The molecule has 2 aromatic rings. The second-order valence-electron chi connectivity index (χ2n) is 5.52. The minimum absolute atomic E-state index is 0.182. The molecule has 2 amide bonds. The number of rotatable bonds is 1. The van der Waals surface area contributed by atoms with E-state index in [-0.39, 0.29) is 17.6 Å². The van der Waals surface area contributed by atoms with Crippen LogP contribution in [0.2, 0.25) is 0 Å². The number of fused-ring (bicyclic) bond motifs is 2. The number of halogens is 1. The molecule has 0 bridgehead atoms. The molecule has 1 saturated heterocycles. The van der Waals surface area contributed by atoms with Crippen LogP contribution in [0.25, 0.3) is 0 Å². The van der Waals surface area contributed by atoms with Crippen molar-refractivity contribution in [3.05, 3.63) is 59.9 Å². The van der Waals surface area contributed by atoms with Crippen molar-refractivity contribution < 1.29 is 14.0 Å². The van der Waals surface area contributed by atoms with Gasteiger partial charge in [0.25, 0.3) is 5.91 Å². The fourth-order valence-corrected chi connectivity index (χ4v) is 4.66. The summed E-state index contributed by atoms with van der Waals surface area (Å²) >= 11 is 1.29. The Morgan fingerprint density at radius 3 is 2.70 bits per heavy atom. The first-order valence-corrected chi connectivity index (χ1v) is 8.14. The van der Waals surface area contributed by atoms with Crippen LogP contribution < -0.4 is 9.80 Å². The van der Waals surface area contributed by atoms with Gasteiger partial charge in [0.15, 0.2) is 0 Å². The number of likely N-dealkylation sites (N-methyl/N-ethyl adjacent to an activating group) is 1. The Bertz CT molecular complexity index is 841. The van der Waals surface area contributed by atoms with Crippen molar-refractivity contribution in [1.29, 1.82) is 0 Å². The predicted octanol–water partition coefficient (Wildman–Crippen LogP) is 2.73. The first-order chi connectivity index (χ1) is 11.1. The Labute approximate surface area is 136 Å². The molecule has 1 spiro atoms. The normalized spacial score (nSPS) is 23.0. The van der Waals surface area contributed by atoms with Gasteiger partial charge in [-0.2, -0.15) is 0 Å². The van der Waals surface area contributed by atoms with Crippen molar-refractivity contribution in [3.63, 3.8) is 0 Å². The molecule has 0 N–H and O–H groups in total. The molecule has 0 saturated carbocycles. The van der Waals surface area contributed by atoms with Gasteiger partial charge in [0.1, 0.15) is 5.82 Å². The highest BCUT2D eigenvalue weighted by atomic mass is 32.2. The predicted molar refractivity (Wildman–Crippen MR) is 87.9 cm³/mol. The van der Waals surface area contributed by atoms with Crippen LogP contribution in [0.4, 0.5) is 15.8 Å². The summed E-state index contributed by atoms with van der Waals surface area (Å²) < 4.78 is 13.7. The van der Waals surface area contributed by atoms with Crippen LogP contribution in [-0.2, 0) is 14.5 Å². The Morgan fingerprint density at radius 2 is 1.91 bits per heavy atom. The van der Waals surface area contributed by atoms with Crippen LogP contribution in [0.15, 0.2) is 48.5 Å². The molecule has 116 valence electrons. The summed E-state index contributed by atoms with van der Waals surface area (Å²) in [6.07, 6.45) is 0. The van der Waals surface area contributed by atoms with Gasteiger partial charge in [0, 0.05) is 18.3 Å². The Morgan fingerprint density at radius 1 is 1.13 bits per heavy atom. The lowest BCUT2D eigenvalue weighted by atomic mass is 10.0. The number of benzene rings is 2. The van der Waals surface area contributed by atoms with E-state index < -0.39 is 10.7 Å². The van der Waals surface area contributed by atoms with Crippen LogP contribution in [-0.4, -0.2) is 24.6 Å². The maximum atomic E-state index is 13.7. The van der Waals surface area contributed by atoms with Crippen molar-refractivity contribution in [2.24, 2.45) is 0 Å². The smallest absolute Gasteiger partial charge is 0.268 e. The van der Waals surface area contributed by atoms with Crippen molar-refractivity contribution in [1.82, 2.24) is 0 Å². The maximum absolute atomic E-state index is 13.7. The number of amides is 2. The largest absolute Gasteiger partial charge is 0.312 e. The van der Waals surface area contributed by atoms with Gasteiger partial charge >= 0.3 is 0 Å². The minimum atomic E-state index is -1.14. The van der Waals surface area contributed by atoms with E-state index in [1.165, 1.54) is 28.8 Å². The number of hydrogen-bond acceptors (Lipinski definition) is 3. The highest BCUT2D eigenvalue weighted by Crippen LogP contribution is 2.55. The number of carbonyl (C=O) groups is 2. The van der Waals surface area contributed by atoms with Crippen LogP contribution in [0, 0.1) is 5.82 Å². The third-order valence-electron chi connectivity index (χ3n) is 4.26. The number of carbonyl (C=O) groups excluding carboxylic acids is 2. The van der Waals surface area contributed by atoms with Crippen LogP contribution in [0.5, 0.6) is 0 Å². The average Bonchev–Trinajstić information content (AvgIpc) is 3.00. The van der Waals surface area contributed by atoms with Crippen molar-refractivity contribution in [2.45, 2.75) is 4.87 Å². The molecule has 2 aromatic carbocycles. The zero-order valence-electron chi connectivity index (χ0n) is 12.3. The van der Waals surface area contributed by atoms with E-state index >= 15 is 0 Å². The highest BCUT2D eigenvalue weighted by Gasteiger charge is 2.60. The molecule has 2 aliphatic rings. The van der Waals surface area contributed by atoms with Crippen molar-refractivity contribution in [3.8, 4) is 0 Å². The fourth-order valence-electron chi connectivity index (χ4n) is 3.27. The first kappa shape index (κ1) is 14.3. The summed E-state index contributed by atoms with van der Waals surface area (Å²) in [5.74, 6) is -0.628. The van der Waals surface area contributed by atoms with Gasteiger partial charge in [-0.1, -0.05) is 24.3 Å². The molecule has 0 aliphatic carbocycles. The number of hydrogen-bond donors (Lipinski definition) is 0. The SMILES string of the molecule is CN1C(=O)[C@]2(SCC(=O)N2c2cccc(F)c2)c2ccccc21. The van der Waals surface area contributed by atoms with Crippen LogP contribution in [0.1, 0.15) is 5.56 Å². The lowest BCUT2D eigenvalue weighted by molar-refractivity contribution is -0.123. The second kappa shape index (κ2) is 4.83. The number of thioether (sulfide) groups is 1. The van der Waals surface area contributed by atoms with Gasteiger partial charge < -0.3 is 4.90 Å². The summed E-state index contributed by atoms with van der Waals surface area (Å²) in [4.78, 5) is 27.4. The maximum Gasteiger partial charge on any atom is 0.268 e. The molecule has 0 unspecified atom stereocenters. The molecular weight excluding hydrogens is 315 g/mol. The Hall–Kier alpha value is -2.34. The summed E-state index contributed by atoms with van der Waals surface area (Å²) in [7, 11) is 1.70. The summed E-state index contributed by atoms with van der Waals surface area (Å²) in [5, 5.41) is 0. The number of anilines is 2. The van der Waals surface area contributed by atoms with E-state index in [2.05, 4.69) is 0 Å². The molecule has 23 heavy (non-hydrogen) atoms. The second-order valence-corrected chi connectivity index (χ2v) is 6.69. The third-order valence-corrected chi connectivity index (χ3v) is 5.65. The number of nitrogens with zero attached hydrogens (tertiary/aromatic N) is 2. The van der Waals surface area contributed by atoms with Crippen LogP contribution >= 0.6 is 11.8 Å². The third kappa shape index (κ3) is 1.78. The van der Waals surface area contributed by atoms with Gasteiger partial charge in [-0.3, -0.25) is 14.5 Å². The van der Waals surface area contributed by atoms with Gasteiger partial charge in [-0.25, -0.2) is 4.39 Å². The quantitative estimate of drug-likeness (QED) is 0.808. The van der Waals surface area contributed by atoms with Crippen molar-refractivity contribution >= 4 is 35.0 Å². The lowest BCUT2D eigenvalue weighted by Crippen LogP contribution is -2.49. The van der Waals surface area contributed by atoms with Crippen LogP contribution in [0.3, 0.4) is 0 Å². The summed E-state index contributed by atoms with van der Waals surface area (Å²) in [6.45, 7) is 0. The molecule has 6 heteroatoms. The van der Waals surface area contributed by atoms with Gasteiger partial charge in [-0.15, -0.1) is 11.8 Å². The lowest BCUT2D eigenvalue weighted by Gasteiger charge is -2.32. The fraction of sp³-hybridized carbons (Fsp3) is 0.176. The zero-order chi connectivity index (χ0) is 16.2. The van der Waals surface area contributed by atoms with E-state index in [0.717, 1.165) is 11.3 Å². The standard InChI is InChI=1S/C17H13FN2O2S/c1-19-14-8-3-2-7-13(14)17(16(19)22)20(15(21)10-23-17)12-6-4-5-11(18)9-12/h2-9H,10H2,1H3/t17-/m1/s1. The van der Waals surface area contributed by atoms with E-state index in [1.54, 1.807) is 24.1 Å². The van der Waals surface area contributed by atoms with Gasteiger partial charge in [0.05, 0.1) is 11.4 Å². The molecule has 2 heterocycles. The van der Waals surface area contributed by atoms with E-state index in [9.17, 15) is 14.0 Å². The molecule has 2 aliphatic heterocycles. The molecule has 1 fully saturated rings. The average molecular weight is 328 g/mol. The minimum Gasteiger partial charge on any atom is -0.312 e. The van der Waals surface area contributed by atoms with E-state index in [0.29, 0.717) is 5.69 Å². The molecule has 0 radical (unpaired) electrons. The first-order valence-electron chi connectivity index (χ1n) is 7.16.